The van der Waals surface area contributed by atoms with Gasteiger partial charge in [0.1, 0.15) is 12.4 Å². The molecule has 21 heavy (non-hydrogen) atoms. The van der Waals surface area contributed by atoms with Gasteiger partial charge < -0.3 is 14.8 Å². The van der Waals surface area contributed by atoms with E-state index in [4.69, 9.17) is 9.47 Å². The minimum absolute atomic E-state index is 0.463. The second-order valence-electron chi connectivity index (χ2n) is 5.95. The number of para-hydroxylation sites is 1. The first-order valence-electron chi connectivity index (χ1n) is 8.14. The Hall–Kier alpha value is -1.10. The fourth-order valence-electron chi connectivity index (χ4n) is 3.22. The topological polar surface area (TPSA) is 33.7 Å². The van der Waals surface area contributed by atoms with Crippen LogP contribution in [0.4, 0.5) is 0 Å². The summed E-state index contributed by atoms with van der Waals surface area (Å²) in [6, 6.07) is 8.31. The number of morpholine rings is 1. The molecule has 2 saturated heterocycles. The van der Waals surface area contributed by atoms with Crippen LogP contribution in [-0.4, -0.2) is 49.9 Å². The number of ether oxygens (including phenoxy) is 2. The van der Waals surface area contributed by atoms with Crippen LogP contribution in [0.3, 0.4) is 0 Å². The lowest BCUT2D eigenvalue weighted by Crippen LogP contribution is -2.44. The molecule has 2 bridgehead atoms. The largest absolute Gasteiger partial charge is 0.492 e. The first-order valence-corrected chi connectivity index (χ1v) is 8.14. The van der Waals surface area contributed by atoms with E-state index in [1.807, 2.05) is 6.07 Å². The number of nitrogens with one attached hydrogen (secondary N) is 1. The predicted molar refractivity (Wildman–Crippen MR) is 83.7 cm³/mol. The van der Waals surface area contributed by atoms with Crippen molar-refractivity contribution >= 4 is 0 Å². The summed E-state index contributed by atoms with van der Waals surface area (Å²) in [4.78, 5) is 2.48. The van der Waals surface area contributed by atoms with Crippen LogP contribution in [0, 0.1) is 0 Å². The summed E-state index contributed by atoms with van der Waals surface area (Å²) >= 11 is 0. The third-order valence-electron chi connectivity index (χ3n) is 4.32. The van der Waals surface area contributed by atoms with E-state index in [9.17, 15) is 0 Å². The van der Waals surface area contributed by atoms with E-state index < -0.39 is 0 Å². The van der Waals surface area contributed by atoms with Gasteiger partial charge in [0.25, 0.3) is 0 Å². The fourth-order valence-corrected chi connectivity index (χ4v) is 3.22. The molecule has 2 aliphatic rings. The highest BCUT2D eigenvalue weighted by atomic mass is 16.5. The zero-order valence-corrected chi connectivity index (χ0v) is 12.9. The van der Waals surface area contributed by atoms with Gasteiger partial charge in [-0.2, -0.15) is 0 Å². The fraction of sp³-hybridized carbons (Fsp3) is 0.647. The van der Waals surface area contributed by atoms with Crippen LogP contribution in [0.1, 0.15) is 25.3 Å². The summed E-state index contributed by atoms with van der Waals surface area (Å²) in [5, 5.41) is 3.36. The molecule has 2 unspecified atom stereocenters. The van der Waals surface area contributed by atoms with Gasteiger partial charge in [0.15, 0.2) is 0 Å². The molecule has 4 nitrogen and oxygen atoms in total. The summed E-state index contributed by atoms with van der Waals surface area (Å²) < 4.78 is 11.9. The number of likely N-dealkylation sites (tertiary alicyclic amines) is 1. The second kappa shape index (κ2) is 7.25. The van der Waals surface area contributed by atoms with Crippen molar-refractivity contribution in [3.8, 4) is 5.75 Å². The highest BCUT2D eigenvalue weighted by Gasteiger charge is 2.33. The molecule has 0 radical (unpaired) electrons. The molecule has 1 N–H and O–H groups in total. The average molecular weight is 290 g/mol. The Bertz CT molecular complexity index is 440. The SMILES string of the molecule is CCNCc1ccccc1OCCN1CC2CCC(C1)O2. The highest BCUT2D eigenvalue weighted by Crippen LogP contribution is 2.26. The molecule has 0 aliphatic carbocycles. The molecular formula is C17H26N2O2. The maximum Gasteiger partial charge on any atom is 0.123 e. The molecule has 0 spiro atoms. The van der Waals surface area contributed by atoms with Crippen LogP contribution in [0.25, 0.3) is 0 Å². The zero-order valence-electron chi connectivity index (χ0n) is 12.9. The molecule has 116 valence electrons. The molecule has 0 amide bonds. The number of hydrogen-bond donors (Lipinski definition) is 1. The summed E-state index contributed by atoms with van der Waals surface area (Å²) in [6.07, 6.45) is 3.38. The zero-order chi connectivity index (χ0) is 14.5. The van der Waals surface area contributed by atoms with Crippen molar-refractivity contribution in [1.29, 1.82) is 0 Å². The monoisotopic (exact) mass is 290 g/mol. The third-order valence-corrected chi connectivity index (χ3v) is 4.32. The van der Waals surface area contributed by atoms with E-state index in [1.54, 1.807) is 0 Å². The number of rotatable bonds is 7. The third kappa shape index (κ3) is 3.96. The Morgan fingerprint density at radius 2 is 2.00 bits per heavy atom. The smallest absolute Gasteiger partial charge is 0.123 e. The summed E-state index contributed by atoms with van der Waals surface area (Å²) in [5.74, 6) is 1.01. The van der Waals surface area contributed by atoms with E-state index in [2.05, 4.69) is 35.3 Å². The van der Waals surface area contributed by atoms with Gasteiger partial charge in [0, 0.05) is 31.7 Å². The second-order valence-corrected chi connectivity index (χ2v) is 5.95. The van der Waals surface area contributed by atoms with Crippen LogP contribution >= 0.6 is 0 Å². The molecule has 0 aromatic heterocycles. The number of benzene rings is 1. The minimum atomic E-state index is 0.463. The molecule has 1 aromatic rings. The molecule has 0 saturated carbocycles. The van der Waals surface area contributed by atoms with Crippen molar-refractivity contribution in [2.45, 2.75) is 38.5 Å². The standard InChI is InChI=1S/C17H26N2O2/c1-2-18-11-14-5-3-4-6-17(14)20-10-9-19-12-15-7-8-16(13-19)21-15/h3-6,15-16,18H,2,7-13H2,1H3. The summed E-state index contributed by atoms with van der Waals surface area (Å²) in [6.45, 7) is 7.85. The van der Waals surface area contributed by atoms with Gasteiger partial charge in [0.2, 0.25) is 0 Å². The van der Waals surface area contributed by atoms with Gasteiger partial charge in [-0.05, 0) is 25.5 Å². The van der Waals surface area contributed by atoms with E-state index in [0.29, 0.717) is 12.2 Å². The number of nitrogens with zero attached hydrogens (tertiary/aromatic N) is 1. The van der Waals surface area contributed by atoms with Crippen LogP contribution in [0.5, 0.6) is 5.75 Å². The Morgan fingerprint density at radius 1 is 1.24 bits per heavy atom. The van der Waals surface area contributed by atoms with Crippen molar-refractivity contribution in [2.75, 3.05) is 32.8 Å². The summed E-state index contributed by atoms with van der Waals surface area (Å²) in [7, 11) is 0. The van der Waals surface area contributed by atoms with E-state index in [-0.39, 0.29) is 0 Å². The quantitative estimate of drug-likeness (QED) is 0.833. The average Bonchev–Trinajstić information content (AvgIpc) is 2.85. The normalized spacial score (nSPS) is 25.2. The van der Waals surface area contributed by atoms with Crippen molar-refractivity contribution in [3.05, 3.63) is 29.8 Å². The van der Waals surface area contributed by atoms with Crippen molar-refractivity contribution in [3.63, 3.8) is 0 Å². The van der Waals surface area contributed by atoms with Crippen molar-refractivity contribution in [2.24, 2.45) is 0 Å². The van der Waals surface area contributed by atoms with Crippen molar-refractivity contribution in [1.82, 2.24) is 10.2 Å². The predicted octanol–water partition coefficient (Wildman–Crippen LogP) is 2.04. The Morgan fingerprint density at radius 3 is 2.76 bits per heavy atom. The van der Waals surface area contributed by atoms with Gasteiger partial charge in [-0.3, -0.25) is 4.90 Å². The summed E-state index contributed by atoms with van der Waals surface area (Å²) in [5.41, 5.74) is 1.24. The van der Waals surface area contributed by atoms with Gasteiger partial charge >= 0.3 is 0 Å². The van der Waals surface area contributed by atoms with Crippen LogP contribution in [-0.2, 0) is 11.3 Å². The lowest BCUT2D eigenvalue weighted by Gasteiger charge is -2.31. The molecule has 2 fully saturated rings. The molecule has 2 atom stereocenters. The van der Waals surface area contributed by atoms with E-state index in [1.165, 1.54) is 18.4 Å². The Balaban J connectivity index is 1.47. The lowest BCUT2D eigenvalue weighted by atomic mass is 10.2. The van der Waals surface area contributed by atoms with Crippen LogP contribution in [0.2, 0.25) is 0 Å². The van der Waals surface area contributed by atoms with Gasteiger partial charge in [-0.25, -0.2) is 0 Å². The first-order chi connectivity index (χ1) is 10.3. The van der Waals surface area contributed by atoms with Crippen LogP contribution < -0.4 is 10.1 Å². The maximum atomic E-state index is 6.01. The van der Waals surface area contributed by atoms with Crippen molar-refractivity contribution < 1.29 is 9.47 Å². The molecule has 4 heteroatoms. The van der Waals surface area contributed by atoms with Gasteiger partial charge in [-0.1, -0.05) is 25.1 Å². The van der Waals surface area contributed by atoms with Gasteiger partial charge in [0.05, 0.1) is 12.2 Å². The first kappa shape index (κ1) is 14.8. The number of hydrogen-bond acceptors (Lipinski definition) is 4. The molecule has 3 rings (SSSR count). The highest BCUT2D eigenvalue weighted by molar-refractivity contribution is 5.33. The molecule has 2 aliphatic heterocycles. The Labute approximate surface area is 127 Å². The number of fused-ring (bicyclic) bond motifs is 2. The van der Waals surface area contributed by atoms with E-state index >= 15 is 0 Å². The molecular weight excluding hydrogens is 264 g/mol. The Kier molecular flexibility index (Phi) is 5.12. The lowest BCUT2D eigenvalue weighted by molar-refractivity contribution is -0.0409. The van der Waals surface area contributed by atoms with Gasteiger partial charge in [-0.15, -0.1) is 0 Å². The molecule has 2 heterocycles. The maximum absolute atomic E-state index is 6.01. The van der Waals surface area contributed by atoms with E-state index in [0.717, 1.165) is 45.1 Å². The molecule has 1 aromatic carbocycles. The van der Waals surface area contributed by atoms with Crippen LogP contribution in [0.15, 0.2) is 24.3 Å². The minimum Gasteiger partial charge on any atom is -0.492 e.